The highest BCUT2D eigenvalue weighted by Crippen LogP contribution is 2.45. The number of benzene rings is 3. The average Bonchev–Trinajstić information content (AvgIpc) is 2.64. The maximum absolute atomic E-state index is 12.2. The van der Waals surface area contributed by atoms with E-state index in [4.69, 9.17) is 9.47 Å². The van der Waals surface area contributed by atoms with Gasteiger partial charge >= 0.3 is 5.97 Å². The third kappa shape index (κ3) is 2.88. The lowest BCUT2D eigenvalue weighted by Gasteiger charge is -2.27. The first-order valence-electron chi connectivity index (χ1n) is 8.85. The van der Waals surface area contributed by atoms with Gasteiger partial charge in [0.1, 0.15) is 17.2 Å². The van der Waals surface area contributed by atoms with Crippen LogP contribution in [0.15, 0.2) is 54.6 Å². The molecule has 1 aliphatic heterocycles. The van der Waals surface area contributed by atoms with Crippen LogP contribution in [0, 0.1) is 0 Å². The Morgan fingerprint density at radius 1 is 1.15 bits per heavy atom. The number of phenols is 1. The number of hydrogen-bond donors (Lipinski definition) is 1. The van der Waals surface area contributed by atoms with Crippen LogP contribution in [0.3, 0.4) is 0 Å². The number of hydrogen-bond acceptors (Lipinski definition) is 4. The number of carbonyl (C=O) groups excluding carboxylic acids is 1. The fourth-order valence-corrected chi connectivity index (χ4v) is 3.57. The smallest absolute Gasteiger partial charge is 0.312 e. The zero-order chi connectivity index (χ0) is 18.1. The number of carbonyl (C=O) groups is 1. The minimum Gasteiger partial charge on any atom is -0.508 e. The molecule has 4 rings (SSSR count). The molecular weight excluding hydrogens is 328 g/mol. The molecule has 0 fully saturated rings. The lowest BCUT2D eigenvalue weighted by Crippen LogP contribution is -2.21. The molecule has 4 nitrogen and oxygen atoms in total. The van der Waals surface area contributed by atoms with E-state index in [0.29, 0.717) is 12.4 Å². The second-order valence-corrected chi connectivity index (χ2v) is 6.50. The Balaban J connectivity index is 1.94. The van der Waals surface area contributed by atoms with Crippen LogP contribution in [0.5, 0.6) is 17.2 Å². The second kappa shape index (κ2) is 6.71. The van der Waals surface area contributed by atoms with E-state index in [2.05, 4.69) is 19.1 Å². The fraction of sp³-hybridized carbons (Fsp3) is 0.227. The Morgan fingerprint density at radius 2 is 2.00 bits per heavy atom. The zero-order valence-electron chi connectivity index (χ0n) is 14.6. The van der Waals surface area contributed by atoms with Gasteiger partial charge in [-0.15, -0.1) is 0 Å². The molecule has 26 heavy (non-hydrogen) atoms. The molecular formula is C22H20O4. The van der Waals surface area contributed by atoms with Crippen molar-refractivity contribution in [2.75, 3.05) is 6.61 Å². The number of phenolic OH excluding ortho intramolecular Hbond substituents is 1. The minimum atomic E-state index is -0.303. The number of esters is 1. The van der Waals surface area contributed by atoms with E-state index in [9.17, 15) is 9.90 Å². The molecule has 1 N–H and O–H groups in total. The van der Waals surface area contributed by atoms with Crippen molar-refractivity contribution in [1.29, 1.82) is 0 Å². The van der Waals surface area contributed by atoms with Gasteiger partial charge in [0.25, 0.3) is 0 Å². The van der Waals surface area contributed by atoms with Crippen molar-refractivity contribution in [2.24, 2.45) is 0 Å². The van der Waals surface area contributed by atoms with Gasteiger partial charge < -0.3 is 14.6 Å². The predicted octanol–water partition coefficient (Wildman–Crippen LogP) is 4.78. The lowest BCUT2D eigenvalue weighted by molar-refractivity contribution is -0.135. The molecule has 1 heterocycles. The average molecular weight is 348 g/mol. The summed E-state index contributed by atoms with van der Waals surface area (Å²) in [7, 11) is 0. The summed E-state index contributed by atoms with van der Waals surface area (Å²) >= 11 is 0. The molecule has 0 amide bonds. The molecule has 3 aromatic rings. The van der Waals surface area contributed by atoms with Crippen LogP contribution < -0.4 is 9.47 Å². The summed E-state index contributed by atoms with van der Waals surface area (Å²) in [6.45, 7) is 2.68. The largest absolute Gasteiger partial charge is 0.508 e. The topological polar surface area (TPSA) is 55.8 Å². The number of ether oxygens (including phenoxy) is 2. The van der Waals surface area contributed by atoms with E-state index in [0.717, 1.165) is 34.1 Å². The van der Waals surface area contributed by atoms with Crippen molar-refractivity contribution in [3.8, 4) is 17.2 Å². The Kier molecular flexibility index (Phi) is 4.25. The van der Waals surface area contributed by atoms with Crippen LogP contribution in [0.1, 0.15) is 36.8 Å². The molecule has 0 saturated heterocycles. The predicted molar refractivity (Wildman–Crippen MR) is 99.9 cm³/mol. The van der Waals surface area contributed by atoms with E-state index in [-0.39, 0.29) is 24.1 Å². The summed E-state index contributed by atoms with van der Waals surface area (Å²) in [4.78, 5) is 12.2. The first-order chi connectivity index (χ1) is 12.7. The highest BCUT2D eigenvalue weighted by atomic mass is 16.5. The van der Waals surface area contributed by atoms with Gasteiger partial charge in [-0.2, -0.15) is 0 Å². The van der Waals surface area contributed by atoms with Crippen LogP contribution in [0.4, 0.5) is 0 Å². The Labute approximate surface area is 152 Å². The van der Waals surface area contributed by atoms with Crippen molar-refractivity contribution >= 4 is 16.7 Å². The molecule has 0 spiro atoms. The van der Waals surface area contributed by atoms with Gasteiger partial charge in [-0.3, -0.25) is 4.79 Å². The molecule has 0 radical (unpaired) electrons. The van der Waals surface area contributed by atoms with E-state index in [1.165, 1.54) is 6.07 Å². The Morgan fingerprint density at radius 3 is 2.85 bits per heavy atom. The molecule has 0 aromatic heterocycles. The molecule has 4 heteroatoms. The monoisotopic (exact) mass is 348 g/mol. The molecule has 1 aliphatic rings. The normalized spacial score (nSPS) is 16.2. The quantitative estimate of drug-likeness (QED) is 0.545. The number of rotatable bonds is 4. The lowest BCUT2D eigenvalue weighted by atomic mass is 9.83. The van der Waals surface area contributed by atoms with Gasteiger partial charge in [0.15, 0.2) is 0 Å². The minimum absolute atomic E-state index is 0.0811. The van der Waals surface area contributed by atoms with Crippen molar-refractivity contribution in [3.05, 3.63) is 65.7 Å². The Bertz CT molecular complexity index is 977. The third-order valence-electron chi connectivity index (χ3n) is 4.71. The number of fused-ring (bicyclic) bond motifs is 2. The van der Waals surface area contributed by atoms with E-state index >= 15 is 0 Å². The van der Waals surface area contributed by atoms with Crippen molar-refractivity contribution in [3.63, 3.8) is 0 Å². The summed E-state index contributed by atoms with van der Waals surface area (Å²) in [5.41, 5.74) is 1.89. The van der Waals surface area contributed by atoms with Crippen molar-refractivity contribution in [1.82, 2.24) is 0 Å². The molecule has 1 unspecified atom stereocenters. The standard InChI is InChI=1S/C22H20O4/c1-2-11-25-19-10-7-14-5-3-4-6-16(14)22(19)18-13-21(24)26-20-12-15(23)8-9-17(18)20/h3-10,12,18,23H,2,11,13H2,1H3. The SMILES string of the molecule is CCCOc1ccc2ccccc2c1C1CC(=O)Oc2cc(O)ccc21. The molecule has 3 aromatic carbocycles. The molecule has 1 atom stereocenters. The van der Waals surface area contributed by atoms with E-state index in [1.807, 2.05) is 30.3 Å². The highest BCUT2D eigenvalue weighted by Gasteiger charge is 2.31. The first kappa shape index (κ1) is 16.5. The highest BCUT2D eigenvalue weighted by molar-refractivity contribution is 5.90. The molecule has 0 aliphatic carbocycles. The third-order valence-corrected chi connectivity index (χ3v) is 4.71. The van der Waals surface area contributed by atoms with Crippen molar-refractivity contribution in [2.45, 2.75) is 25.7 Å². The van der Waals surface area contributed by atoms with E-state index < -0.39 is 0 Å². The van der Waals surface area contributed by atoms with Gasteiger partial charge in [0, 0.05) is 23.1 Å². The first-order valence-corrected chi connectivity index (χ1v) is 8.85. The summed E-state index contributed by atoms with van der Waals surface area (Å²) in [6, 6.07) is 17.1. The van der Waals surface area contributed by atoms with Crippen LogP contribution in [-0.2, 0) is 4.79 Å². The number of aromatic hydroxyl groups is 1. The zero-order valence-corrected chi connectivity index (χ0v) is 14.6. The summed E-state index contributed by atoms with van der Waals surface area (Å²) in [5.74, 6) is 0.815. The molecule has 0 bridgehead atoms. The molecule has 132 valence electrons. The van der Waals surface area contributed by atoms with Crippen LogP contribution >= 0.6 is 0 Å². The van der Waals surface area contributed by atoms with Gasteiger partial charge in [-0.1, -0.05) is 43.3 Å². The second-order valence-electron chi connectivity index (χ2n) is 6.50. The molecule has 0 saturated carbocycles. The van der Waals surface area contributed by atoms with Crippen molar-refractivity contribution < 1.29 is 19.4 Å². The van der Waals surface area contributed by atoms with Gasteiger partial charge in [-0.05, 0) is 29.3 Å². The maximum Gasteiger partial charge on any atom is 0.312 e. The van der Waals surface area contributed by atoms with Gasteiger partial charge in [0.2, 0.25) is 0 Å². The Hall–Kier alpha value is -3.01. The van der Waals surface area contributed by atoms with Gasteiger partial charge in [0.05, 0.1) is 13.0 Å². The maximum atomic E-state index is 12.2. The summed E-state index contributed by atoms with van der Waals surface area (Å²) < 4.78 is 11.4. The van der Waals surface area contributed by atoms with E-state index in [1.54, 1.807) is 6.07 Å². The summed E-state index contributed by atoms with van der Waals surface area (Å²) in [5, 5.41) is 11.9. The van der Waals surface area contributed by atoms with Crippen LogP contribution in [-0.4, -0.2) is 17.7 Å². The summed E-state index contributed by atoms with van der Waals surface area (Å²) in [6.07, 6.45) is 1.15. The fourth-order valence-electron chi connectivity index (χ4n) is 3.57. The van der Waals surface area contributed by atoms with Crippen LogP contribution in [0.25, 0.3) is 10.8 Å². The van der Waals surface area contributed by atoms with Crippen LogP contribution in [0.2, 0.25) is 0 Å². The van der Waals surface area contributed by atoms with Gasteiger partial charge in [-0.25, -0.2) is 0 Å².